The van der Waals surface area contributed by atoms with Crippen molar-refractivity contribution in [3.05, 3.63) is 42.0 Å². The van der Waals surface area contributed by atoms with Crippen molar-refractivity contribution in [2.45, 2.75) is 36.6 Å². The minimum Gasteiger partial charge on any atom is -0.481 e. The smallest absolute Gasteiger partial charge is 0.305 e. The summed E-state index contributed by atoms with van der Waals surface area (Å²) in [6, 6.07) is 7.20. The second-order valence-electron chi connectivity index (χ2n) is 5.41. The highest BCUT2D eigenvalue weighted by Crippen LogP contribution is 2.24. The summed E-state index contributed by atoms with van der Waals surface area (Å²) in [7, 11) is 0. The van der Waals surface area contributed by atoms with Gasteiger partial charge in [-0.05, 0) is 43.2 Å². The molecule has 2 atom stereocenters. The number of rotatable bonds is 6. The van der Waals surface area contributed by atoms with Crippen LogP contribution in [0.4, 0.5) is 0 Å². The monoisotopic (exact) mass is 319 g/mol. The van der Waals surface area contributed by atoms with Crippen LogP contribution in [-0.4, -0.2) is 23.2 Å². The van der Waals surface area contributed by atoms with Gasteiger partial charge in [-0.15, -0.1) is 11.8 Å². The molecule has 1 aliphatic rings. The molecule has 0 fully saturated rings. The quantitative estimate of drug-likeness (QED) is 0.623. The predicted molar refractivity (Wildman–Crippen MR) is 87.8 cm³/mol. The summed E-state index contributed by atoms with van der Waals surface area (Å²) in [6.07, 6.45) is 8.45. The van der Waals surface area contributed by atoms with Gasteiger partial charge < -0.3 is 10.4 Å². The Labute approximate surface area is 135 Å². The zero-order valence-corrected chi connectivity index (χ0v) is 13.4. The van der Waals surface area contributed by atoms with Gasteiger partial charge in [0.05, 0.1) is 12.5 Å². The van der Waals surface area contributed by atoms with E-state index in [4.69, 9.17) is 5.11 Å². The number of benzene rings is 1. The van der Waals surface area contributed by atoms with E-state index in [1.165, 1.54) is 0 Å². The lowest BCUT2D eigenvalue weighted by Gasteiger charge is -2.23. The molecule has 4 nitrogen and oxygen atoms in total. The third-order valence-corrected chi connectivity index (χ3v) is 4.60. The van der Waals surface area contributed by atoms with Crippen LogP contribution in [0.5, 0.6) is 0 Å². The predicted octanol–water partition coefficient (Wildman–Crippen LogP) is 3.40. The van der Waals surface area contributed by atoms with Gasteiger partial charge in [0.25, 0.3) is 0 Å². The molecular weight excluding hydrogens is 298 g/mol. The Morgan fingerprint density at radius 3 is 2.59 bits per heavy atom. The zero-order valence-electron chi connectivity index (χ0n) is 12.6. The van der Waals surface area contributed by atoms with E-state index in [0.29, 0.717) is 0 Å². The Balaban J connectivity index is 2.09. The largest absolute Gasteiger partial charge is 0.481 e. The maximum atomic E-state index is 12.3. The van der Waals surface area contributed by atoms with Crippen molar-refractivity contribution in [3.63, 3.8) is 0 Å². The first-order valence-electron chi connectivity index (χ1n) is 7.41. The van der Waals surface area contributed by atoms with E-state index >= 15 is 0 Å². The normalized spacial score (nSPS) is 18.7. The highest BCUT2D eigenvalue weighted by molar-refractivity contribution is 7.98. The second-order valence-corrected chi connectivity index (χ2v) is 6.29. The molecule has 0 bridgehead atoms. The summed E-state index contributed by atoms with van der Waals surface area (Å²) in [5, 5.41) is 12.0. The van der Waals surface area contributed by atoms with E-state index in [2.05, 4.69) is 11.4 Å². The maximum Gasteiger partial charge on any atom is 0.305 e. The number of allylic oxidation sites excluding steroid dienone is 2. The first-order valence-corrected chi connectivity index (χ1v) is 8.63. The molecule has 0 saturated heterocycles. The number of carbonyl (C=O) groups excluding carboxylic acids is 1. The van der Waals surface area contributed by atoms with Gasteiger partial charge >= 0.3 is 5.97 Å². The second kappa shape index (κ2) is 8.03. The molecule has 5 heteroatoms. The maximum absolute atomic E-state index is 12.3. The van der Waals surface area contributed by atoms with E-state index in [1.54, 1.807) is 11.8 Å². The summed E-state index contributed by atoms with van der Waals surface area (Å²) in [5.74, 6) is -1.01. The number of aliphatic carboxylic acids is 1. The summed E-state index contributed by atoms with van der Waals surface area (Å²) < 4.78 is 0. The molecule has 0 unspecified atom stereocenters. The van der Waals surface area contributed by atoms with E-state index in [1.807, 2.05) is 36.6 Å². The van der Waals surface area contributed by atoms with Crippen molar-refractivity contribution in [2.24, 2.45) is 5.92 Å². The van der Waals surface area contributed by atoms with Crippen LogP contribution in [0.2, 0.25) is 0 Å². The number of nitrogens with one attached hydrogen (secondary N) is 1. The van der Waals surface area contributed by atoms with E-state index in [0.717, 1.165) is 29.7 Å². The average molecular weight is 319 g/mol. The van der Waals surface area contributed by atoms with Gasteiger partial charge in [-0.2, -0.15) is 0 Å². The van der Waals surface area contributed by atoms with Crippen LogP contribution in [0.1, 0.15) is 37.3 Å². The Hall–Kier alpha value is -1.75. The van der Waals surface area contributed by atoms with E-state index in [-0.39, 0.29) is 18.2 Å². The highest BCUT2D eigenvalue weighted by atomic mass is 32.2. The van der Waals surface area contributed by atoms with Gasteiger partial charge in [0.1, 0.15) is 0 Å². The third-order valence-electron chi connectivity index (χ3n) is 3.85. The number of carboxylic acids is 1. The number of hydrogen-bond acceptors (Lipinski definition) is 3. The van der Waals surface area contributed by atoms with Gasteiger partial charge in [0.15, 0.2) is 0 Å². The van der Waals surface area contributed by atoms with Gasteiger partial charge in [0.2, 0.25) is 5.91 Å². The van der Waals surface area contributed by atoms with E-state index in [9.17, 15) is 9.59 Å². The fourth-order valence-corrected chi connectivity index (χ4v) is 2.99. The van der Waals surface area contributed by atoms with Gasteiger partial charge in [-0.3, -0.25) is 9.59 Å². The molecule has 1 aliphatic carbocycles. The SMILES string of the molecule is CSc1ccc([C@@H](CC(=O)O)NC(=O)[C@H]2CC=CCC2)cc1. The Bertz CT molecular complexity index is 554. The van der Waals surface area contributed by atoms with Crippen molar-refractivity contribution in [1.82, 2.24) is 5.32 Å². The number of thioether (sulfide) groups is 1. The fourth-order valence-electron chi connectivity index (χ4n) is 2.58. The van der Waals surface area contributed by atoms with Crippen LogP contribution in [0.15, 0.2) is 41.3 Å². The van der Waals surface area contributed by atoms with Crippen LogP contribution in [0, 0.1) is 5.92 Å². The standard InChI is InChI=1S/C17H21NO3S/c1-22-14-9-7-12(8-10-14)15(11-16(19)20)18-17(21)13-5-3-2-4-6-13/h2-3,7-10,13,15H,4-6,11H2,1H3,(H,18,21)(H,19,20)/t13-,15+/m0/s1. The minimum atomic E-state index is -0.914. The first-order chi connectivity index (χ1) is 10.6. The van der Waals surface area contributed by atoms with Crippen molar-refractivity contribution < 1.29 is 14.7 Å². The molecule has 0 heterocycles. The number of carboxylic acid groups (broad SMARTS) is 1. The van der Waals surface area contributed by atoms with Crippen LogP contribution >= 0.6 is 11.8 Å². The molecule has 0 aliphatic heterocycles. The molecule has 0 radical (unpaired) electrons. The Morgan fingerprint density at radius 1 is 1.32 bits per heavy atom. The molecule has 2 N–H and O–H groups in total. The van der Waals surface area contributed by atoms with Crippen molar-refractivity contribution in [2.75, 3.05) is 6.26 Å². The molecule has 0 saturated carbocycles. The molecule has 1 amide bonds. The average Bonchev–Trinajstić information content (AvgIpc) is 2.54. The lowest BCUT2D eigenvalue weighted by Crippen LogP contribution is -2.35. The summed E-state index contributed by atoms with van der Waals surface area (Å²) in [5.41, 5.74) is 0.833. The lowest BCUT2D eigenvalue weighted by molar-refractivity contribution is -0.138. The molecule has 1 aromatic carbocycles. The first kappa shape index (κ1) is 16.6. The Kier molecular flexibility index (Phi) is 6.07. The third kappa shape index (κ3) is 4.63. The zero-order chi connectivity index (χ0) is 15.9. The van der Waals surface area contributed by atoms with Crippen molar-refractivity contribution >= 4 is 23.6 Å². The number of carbonyl (C=O) groups is 2. The lowest BCUT2D eigenvalue weighted by atomic mass is 9.92. The van der Waals surface area contributed by atoms with Crippen molar-refractivity contribution in [1.29, 1.82) is 0 Å². The molecule has 1 aromatic rings. The molecule has 22 heavy (non-hydrogen) atoms. The molecule has 0 aromatic heterocycles. The van der Waals surface area contributed by atoms with E-state index < -0.39 is 12.0 Å². The molecular formula is C17H21NO3S. The van der Waals surface area contributed by atoms with Gasteiger partial charge in [0, 0.05) is 10.8 Å². The van der Waals surface area contributed by atoms with Gasteiger partial charge in [-0.1, -0.05) is 24.3 Å². The molecule has 0 spiro atoms. The summed E-state index contributed by atoms with van der Waals surface area (Å²) >= 11 is 1.63. The van der Waals surface area contributed by atoms with Gasteiger partial charge in [-0.25, -0.2) is 0 Å². The van der Waals surface area contributed by atoms with Crippen LogP contribution in [-0.2, 0) is 9.59 Å². The summed E-state index contributed by atoms with van der Waals surface area (Å²) in [4.78, 5) is 24.6. The van der Waals surface area contributed by atoms with Crippen LogP contribution < -0.4 is 5.32 Å². The molecule has 2 rings (SSSR count). The van der Waals surface area contributed by atoms with Crippen LogP contribution in [0.25, 0.3) is 0 Å². The highest BCUT2D eigenvalue weighted by Gasteiger charge is 2.23. The number of hydrogen-bond donors (Lipinski definition) is 2. The minimum absolute atomic E-state index is 0.0493. The summed E-state index contributed by atoms with van der Waals surface area (Å²) in [6.45, 7) is 0. The molecule has 118 valence electrons. The number of amides is 1. The fraction of sp³-hybridized carbons (Fsp3) is 0.412. The Morgan fingerprint density at radius 2 is 2.05 bits per heavy atom. The van der Waals surface area contributed by atoms with Crippen LogP contribution in [0.3, 0.4) is 0 Å². The topological polar surface area (TPSA) is 66.4 Å². The van der Waals surface area contributed by atoms with Crippen molar-refractivity contribution in [3.8, 4) is 0 Å².